The van der Waals surface area contributed by atoms with Gasteiger partial charge in [0.1, 0.15) is 11.5 Å². The van der Waals surface area contributed by atoms with E-state index in [2.05, 4.69) is 20.5 Å². The molecule has 0 spiro atoms. The highest BCUT2D eigenvalue weighted by Gasteiger charge is 2.34. The quantitative estimate of drug-likeness (QED) is 0.591. The molecule has 0 radical (unpaired) electrons. The molecule has 0 bridgehead atoms. The average Bonchev–Trinajstić information content (AvgIpc) is 3.41. The number of carbonyl (C=O) groups excluding carboxylic acids is 2. The molecule has 9 nitrogen and oxygen atoms in total. The number of nitrogens with one attached hydrogen (secondary N) is 2. The summed E-state index contributed by atoms with van der Waals surface area (Å²) in [5, 5.41) is 9.60. The summed E-state index contributed by atoms with van der Waals surface area (Å²) in [5.74, 6) is 1.04. The van der Waals surface area contributed by atoms with Crippen molar-refractivity contribution in [3.63, 3.8) is 0 Å². The SMILES string of the molecule is COc1ccc(-c2nc(NC(=O)C3CC(=O)N(Cc4ccc(C)cc4)C3)n[nH]2)c(OC)c1. The lowest BCUT2D eigenvalue weighted by molar-refractivity contribution is -0.128. The van der Waals surface area contributed by atoms with Crippen LogP contribution in [0.25, 0.3) is 11.4 Å². The number of hydrogen-bond acceptors (Lipinski definition) is 6. The van der Waals surface area contributed by atoms with Crippen molar-refractivity contribution >= 4 is 17.8 Å². The molecular weight excluding hydrogens is 410 g/mol. The Balaban J connectivity index is 1.40. The molecule has 1 unspecified atom stereocenters. The summed E-state index contributed by atoms with van der Waals surface area (Å²) < 4.78 is 10.6. The van der Waals surface area contributed by atoms with Gasteiger partial charge in [-0.05, 0) is 24.6 Å². The molecule has 32 heavy (non-hydrogen) atoms. The highest BCUT2D eigenvalue weighted by molar-refractivity contribution is 5.96. The number of benzene rings is 2. The molecule has 3 aromatic rings. The number of rotatable bonds is 7. The van der Waals surface area contributed by atoms with Gasteiger partial charge in [0.15, 0.2) is 5.82 Å². The predicted octanol–water partition coefficient (Wildman–Crippen LogP) is 2.78. The summed E-state index contributed by atoms with van der Waals surface area (Å²) >= 11 is 0. The molecule has 1 saturated heterocycles. The van der Waals surface area contributed by atoms with Crippen LogP contribution >= 0.6 is 0 Å². The van der Waals surface area contributed by atoms with Gasteiger partial charge in [-0.2, -0.15) is 4.98 Å². The second kappa shape index (κ2) is 9.09. The maximum absolute atomic E-state index is 12.7. The Labute approximate surface area is 185 Å². The summed E-state index contributed by atoms with van der Waals surface area (Å²) in [4.78, 5) is 31.2. The van der Waals surface area contributed by atoms with Crippen LogP contribution in [0.5, 0.6) is 11.5 Å². The molecule has 4 rings (SSSR count). The Morgan fingerprint density at radius 1 is 1.19 bits per heavy atom. The fraction of sp³-hybridized carbons (Fsp3) is 0.304. The topological polar surface area (TPSA) is 109 Å². The van der Waals surface area contributed by atoms with Crippen molar-refractivity contribution < 1.29 is 19.1 Å². The van der Waals surface area contributed by atoms with Gasteiger partial charge >= 0.3 is 0 Å². The molecule has 2 amide bonds. The fourth-order valence-corrected chi connectivity index (χ4v) is 3.66. The van der Waals surface area contributed by atoms with E-state index in [9.17, 15) is 9.59 Å². The number of hydrogen-bond donors (Lipinski definition) is 2. The molecule has 166 valence electrons. The van der Waals surface area contributed by atoms with Crippen molar-refractivity contribution in [2.45, 2.75) is 19.9 Å². The Hall–Kier alpha value is -3.88. The minimum absolute atomic E-state index is 0.0376. The van der Waals surface area contributed by atoms with E-state index in [0.717, 1.165) is 11.1 Å². The molecule has 0 aliphatic carbocycles. The molecule has 9 heteroatoms. The van der Waals surface area contributed by atoms with Gasteiger partial charge in [-0.1, -0.05) is 29.8 Å². The first-order valence-electron chi connectivity index (χ1n) is 10.3. The molecule has 2 heterocycles. The minimum atomic E-state index is -0.453. The number of methoxy groups -OCH3 is 2. The van der Waals surface area contributed by atoms with Crippen LogP contribution in [0.3, 0.4) is 0 Å². The molecular formula is C23H25N5O4. The molecule has 2 aromatic carbocycles. The molecule has 1 aliphatic rings. The zero-order valence-corrected chi connectivity index (χ0v) is 18.2. The first-order chi connectivity index (χ1) is 15.5. The van der Waals surface area contributed by atoms with Gasteiger partial charge in [-0.25, -0.2) is 0 Å². The minimum Gasteiger partial charge on any atom is -0.497 e. The number of amides is 2. The summed E-state index contributed by atoms with van der Waals surface area (Å²) in [5.41, 5.74) is 2.88. The summed E-state index contributed by atoms with van der Waals surface area (Å²) in [6.45, 7) is 2.87. The van der Waals surface area contributed by atoms with E-state index < -0.39 is 5.92 Å². The summed E-state index contributed by atoms with van der Waals surface area (Å²) in [6, 6.07) is 13.3. The lowest BCUT2D eigenvalue weighted by Gasteiger charge is -2.16. The third-order valence-electron chi connectivity index (χ3n) is 5.46. The number of ether oxygens (including phenoxy) is 2. The van der Waals surface area contributed by atoms with Gasteiger partial charge in [-0.15, -0.1) is 5.10 Å². The van der Waals surface area contributed by atoms with E-state index in [1.807, 2.05) is 31.2 Å². The predicted molar refractivity (Wildman–Crippen MR) is 118 cm³/mol. The van der Waals surface area contributed by atoms with Crippen molar-refractivity contribution in [1.29, 1.82) is 0 Å². The van der Waals surface area contributed by atoms with Crippen molar-refractivity contribution in [2.75, 3.05) is 26.1 Å². The van der Waals surface area contributed by atoms with Crippen LogP contribution in [-0.4, -0.2) is 52.7 Å². The van der Waals surface area contributed by atoms with Crippen LogP contribution in [0.4, 0.5) is 5.95 Å². The maximum Gasteiger partial charge on any atom is 0.249 e. The number of carbonyl (C=O) groups is 2. The van der Waals surface area contributed by atoms with Crippen LogP contribution < -0.4 is 14.8 Å². The van der Waals surface area contributed by atoms with E-state index in [0.29, 0.717) is 36.0 Å². The number of aromatic nitrogens is 3. The van der Waals surface area contributed by atoms with Crippen molar-refractivity contribution in [3.05, 3.63) is 53.6 Å². The Kier molecular flexibility index (Phi) is 6.07. The number of likely N-dealkylation sites (tertiary alicyclic amines) is 1. The van der Waals surface area contributed by atoms with E-state index in [1.165, 1.54) is 0 Å². The highest BCUT2D eigenvalue weighted by atomic mass is 16.5. The van der Waals surface area contributed by atoms with E-state index in [4.69, 9.17) is 9.47 Å². The zero-order valence-electron chi connectivity index (χ0n) is 18.2. The second-order valence-electron chi connectivity index (χ2n) is 7.72. The molecule has 1 aliphatic heterocycles. The van der Waals surface area contributed by atoms with Crippen LogP contribution in [-0.2, 0) is 16.1 Å². The normalized spacial score (nSPS) is 15.7. The molecule has 1 aromatic heterocycles. The standard InChI is InChI=1S/C23H25N5O4/c1-14-4-6-15(7-5-14)12-28-13-16(10-20(28)29)22(30)25-23-24-21(26-27-23)18-9-8-17(31-2)11-19(18)32-3/h4-9,11,16H,10,12-13H2,1-3H3,(H2,24,25,26,27,30). The first-order valence-corrected chi connectivity index (χ1v) is 10.3. The molecule has 0 saturated carbocycles. The van der Waals surface area contributed by atoms with Crippen LogP contribution in [0.1, 0.15) is 17.5 Å². The third kappa shape index (κ3) is 4.56. The largest absolute Gasteiger partial charge is 0.497 e. The van der Waals surface area contributed by atoms with Crippen molar-refractivity contribution in [2.24, 2.45) is 5.92 Å². The lowest BCUT2D eigenvalue weighted by Crippen LogP contribution is -2.28. The van der Waals surface area contributed by atoms with E-state index >= 15 is 0 Å². The Morgan fingerprint density at radius 3 is 2.69 bits per heavy atom. The van der Waals surface area contributed by atoms with Gasteiger partial charge < -0.3 is 14.4 Å². The monoisotopic (exact) mass is 435 g/mol. The average molecular weight is 435 g/mol. The number of aromatic amines is 1. The molecule has 2 N–H and O–H groups in total. The van der Waals surface area contributed by atoms with Gasteiger partial charge in [0, 0.05) is 25.6 Å². The van der Waals surface area contributed by atoms with Gasteiger partial charge in [0.05, 0.1) is 25.7 Å². The Bertz CT molecular complexity index is 1130. The molecule has 1 fully saturated rings. The third-order valence-corrected chi connectivity index (χ3v) is 5.46. The van der Waals surface area contributed by atoms with Crippen molar-refractivity contribution in [1.82, 2.24) is 20.1 Å². The van der Waals surface area contributed by atoms with Crippen LogP contribution in [0.15, 0.2) is 42.5 Å². The maximum atomic E-state index is 12.7. The summed E-state index contributed by atoms with van der Waals surface area (Å²) in [6.07, 6.45) is 0.168. The first kappa shape index (κ1) is 21.4. The van der Waals surface area contributed by atoms with E-state index in [-0.39, 0.29) is 24.2 Å². The number of aryl methyl sites for hydroxylation is 1. The highest BCUT2D eigenvalue weighted by Crippen LogP contribution is 2.31. The number of anilines is 1. The second-order valence-corrected chi connectivity index (χ2v) is 7.72. The number of nitrogens with zero attached hydrogens (tertiary/aromatic N) is 3. The summed E-state index contributed by atoms with van der Waals surface area (Å²) in [7, 11) is 3.13. The number of H-pyrrole nitrogens is 1. The lowest BCUT2D eigenvalue weighted by atomic mass is 10.1. The van der Waals surface area contributed by atoms with Gasteiger partial charge in [0.25, 0.3) is 0 Å². The smallest absolute Gasteiger partial charge is 0.249 e. The van der Waals surface area contributed by atoms with Gasteiger partial charge in [-0.3, -0.25) is 20.0 Å². The Morgan fingerprint density at radius 2 is 1.97 bits per heavy atom. The van der Waals surface area contributed by atoms with Crippen molar-refractivity contribution in [3.8, 4) is 22.9 Å². The molecule has 1 atom stereocenters. The zero-order chi connectivity index (χ0) is 22.7. The van der Waals surface area contributed by atoms with Gasteiger partial charge in [0.2, 0.25) is 17.8 Å². The van der Waals surface area contributed by atoms with Crippen LogP contribution in [0, 0.1) is 12.8 Å². The van der Waals surface area contributed by atoms with E-state index in [1.54, 1.807) is 37.3 Å². The van der Waals surface area contributed by atoms with Crippen LogP contribution in [0.2, 0.25) is 0 Å². The fourth-order valence-electron chi connectivity index (χ4n) is 3.66.